The lowest BCUT2D eigenvalue weighted by Crippen LogP contribution is -2.33. The third-order valence-corrected chi connectivity index (χ3v) is 3.47. The van der Waals surface area contributed by atoms with Crippen LogP contribution in [0.3, 0.4) is 0 Å². The molecule has 0 aliphatic carbocycles. The molecular weight excluding hydrogens is 230 g/mol. The van der Waals surface area contributed by atoms with Gasteiger partial charge in [-0.15, -0.1) is 0 Å². The van der Waals surface area contributed by atoms with E-state index in [0.717, 1.165) is 19.4 Å². The highest BCUT2D eigenvalue weighted by molar-refractivity contribution is 5.89. The molecule has 0 aromatic heterocycles. The van der Waals surface area contributed by atoms with E-state index >= 15 is 0 Å². The first kappa shape index (κ1) is 15.0. The summed E-state index contributed by atoms with van der Waals surface area (Å²) in [4.78, 5) is 25.0. The van der Waals surface area contributed by atoms with Gasteiger partial charge in [0.2, 0.25) is 11.8 Å². The molecule has 1 heterocycles. The highest BCUT2D eigenvalue weighted by Crippen LogP contribution is 2.08. The fraction of sp³-hybridized carbons (Fsp3) is 0.846. The van der Waals surface area contributed by atoms with E-state index in [2.05, 4.69) is 36.4 Å². The van der Waals surface area contributed by atoms with Crippen LogP contribution in [-0.4, -0.2) is 49.4 Å². The standard InChI is InChI=1S/C13H25N3O2/c1-10(2)16(3)7-5-4-6-14-13(18)11-8-12(17)15-9-11/h10-11H,4-9H2,1-3H3,(H,14,18)(H,15,17). The quantitative estimate of drug-likeness (QED) is 0.646. The summed E-state index contributed by atoms with van der Waals surface area (Å²) in [6, 6.07) is 0.565. The molecule has 5 heteroatoms. The first-order valence-corrected chi connectivity index (χ1v) is 6.75. The molecule has 0 radical (unpaired) electrons. The van der Waals surface area contributed by atoms with Gasteiger partial charge in [-0.05, 0) is 40.3 Å². The van der Waals surface area contributed by atoms with E-state index in [-0.39, 0.29) is 17.7 Å². The molecule has 0 spiro atoms. The number of nitrogens with zero attached hydrogens (tertiary/aromatic N) is 1. The minimum atomic E-state index is -0.171. The highest BCUT2D eigenvalue weighted by atomic mass is 16.2. The van der Waals surface area contributed by atoms with Crippen LogP contribution in [0.15, 0.2) is 0 Å². The van der Waals surface area contributed by atoms with Crippen LogP contribution in [0.4, 0.5) is 0 Å². The maximum atomic E-state index is 11.7. The topological polar surface area (TPSA) is 61.4 Å². The van der Waals surface area contributed by atoms with Gasteiger partial charge in [0.1, 0.15) is 0 Å². The highest BCUT2D eigenvalue weighted by Gasteiger charge is 2.27. The van der Waals surface area contributed by atoms with E-state index in [4.69, 9.17) is 0 Å². The molecule has 1 unspecified atom stereocenters. The third kappa shape index (κ3) is 5.04. The van der Waals surface area contributed by atoms with Crippen molar-refractivity contribution >= 4 is 11.8 Å². The van der Waals surface area contributed by atoms with Crippen molar-refractivity contribution in [2.45, 2.75) is 39.2 Å². The molecule has 1 fully saturated rings. The van der Waals surface area contributed by atoms with Crippen LogP contribution in [-0.2, 0) is 9.59 Å². The monoisotopic (exact) mass is 255 g/mol. The van der Waals surface area contributed by atoms with E-state index in [0.29, 0.717) is 25.6 Å². The first-order valence-electron chi connectivity index (χ1n) is 6.75. The summed E-state index contributed by atoms with van der Waals surface area (Å²) in [6.45, 7) is 6.59. The molecule has 0 aromatic rings. The summed E-state index contributed by atoms with van der Waals surface area (Å²) >= 11 is 0. The van der Waals surface area contributed by atoms with E-state index in [1.807, 2.05) is 0 Å². The minimum Gasteiger partial charge on any atom is -0.356 e. The summed E-state index contributed by atoms with van der Waals surface area (Å²) < 4.78 is 0. The number of carbonyl (C=O) groups excluding carboxylic acids is 2. The molecule has 1 aliphatic heterocycles. The van der Waals surface area contributed by atoms with Crippen LogP contribution in [0.2, 0.25) is 0 Å². The van der Waals surface area contributed by atoms with Gasteiger partial charge >= 0.3 is 0 Å². The Labute approximate surface area is 109 Å². The number of amides is 2. The predicted molar refractivity (Wildman–Crippen MR) is 71.1 cm³/mol. The number of rotatable bonds is 7. The molecular formula is C13H25N3O2. The zero-order valence-electron chi connectivity index (χ0n) is 11.7. The summed E-state index contributed by atoms with van der Waals surface area (Å²) in [7, 11) is 2.11. The Bertz CT molecular complexity index is 292. The zero-order valence-corrected chi connectivity index (χ0v) is 11.7. The summed E-state index contributed by atoms with van der Waals surface area (Å²) in [5.41, 5.74) is 0. The van der Waals surface area contributed by atoms with Crippen molar-refractivity contribution in [2.75, 3.05) is 26.7 Å². The minimum absolute atomic E-state index is 0.00515. The molecule has 0 saturated carbocycles. The second-order valence-electron chi connectivity index (χ2n) is 5.28. The Balaban J connectivity index is 2.04. The first-order chi connectivity index (χ1) is 8.50. The lowest BCUT2D eigenvalue weighted by atomic mass is 10.1. The number of unbranched alkanes of at least 4 members (excludes halogenated alkanes) is 1. The lowest BCUT2D eigenvalue weighted by Gasteiger charge is -2.20. The molecule has 1 atom stereocenters. The molecule has 2 N–H and O–H groups in total. The molecule has 0 bridgehead atoms. The largest absolute Gasteiger partial charge is 0.356 e. The molecule has 1 aliphatic rings. The molecule has 104 valence electrons. The fourth-order valence-corrected chi connectivity index (χ4v) is 1.89. The van der Waals surface area contributed by atoms with Crippen LogP contribution < -0.4 is 10.6 Å². The van der Waals surface area contributed by atoms with Crippen molar-refractivity contribution in [1.29, 1.82) is 0 Å². The Hall–Kier alpha value is -1.10. The Kier molecular flexibility index (Phi) is 6.12. The fourth-order valence-electron chi connectivity index (χ4n) is 1.89. The predicted octanol–water partition coefficient (Wildman–Crippen LogP) is 0.359. The van der Waals surface area contributed by atoms with Gasteiger partial charge in [0.25, 0.3) is 0 Å². The van der Waals surface area contributed by atoms with Crippen LogP contribution in [0, 0.1) is 5.92 Å². The maximum absolute atomic E-state index is 11.7. The normalized spacial score (nSPS) is 19.4. The number of hydrogen-bond acceptors (Lipinski definition) is 3. The molecule has 5 nitrogen and oxygen atoms in total. The maximum Gasteiger partial charge on any atom is 0.225 e. The van der Waals surface area contributed by atoms with Crippen molar-refractivity contribution in [1.82, 2.24) is 15.5 Å². The summed E-state index contributed by atoms with van der Waals surface area (Å²) in [5, 5.41) is 5.57. The molecule has 18 heavy (non-hydrogen) atoms. The van der Waals surface area contributed by atoms with Crippen LogP contribution in [0.5, 0.6) is 0 Å². The van der Waals surface area contributed by atoms with Crippen molar-refractivity contribution in [3.05, 3.63) is 0 Å². The Morgan fingerprint density at radius 2 is 2.22 bits per heavy atom. The molecule has 2 amide bonds. The van der Waals surface area contributed by atoms with Gasteiger partial charge < -0.3 is 15.5 Å². The number of hydrogen-bond donors (Lipinski definition) is 2. The van der Waals surface area contributed by atoms with Crippen LogP contribution in [0.25, 0.3) is 0 Å². The Morgan fingerprint density at radius 3 is 2.78 bits per heavy atom. The van der Waals surface area contributed by atoms with Crippen LogP contribution in [0.1, 0.15) is 33.1 Å². The van der Waals surface area contributed by atoms with E-state index in [1.165, 1.54) is 0 Å². The van der Waals surface area contributed by atoms with Gasteiger partial charge in [-0.3, -0.25) is 9.59 Å². The van der Waals surface area contributed by atoms with Gasteiger partial charge in [0, 0.05) is 25.6 Å². The van der Waals surface area contributed by atoms with Gasteiger partial charge in [-0.25, -0.2) is 0 Å². The molecule has 1 saturated heterocycles. The van der Waals surface area contributed by atoms with Gasteiger partial charge in [-0.2, -0.15) is 0 Å². The second kappa shape index (κ2) is 7.36. The average molecular weight is 255 g/mol. The SMILES string of the molecule is CC(C)N(C)CCCCNC(=O)C1CNC(=O)C1. The lowest BCUT2D eigenvalue weighted by molar-refractivity contribution is -0.126. The van der Waals surface area contributed by atoms with Crippen LogP contribution >= 0.6 is 0 Å². The average Bonchev–Trinajstić information content (AvgIpc) is 2.74. The van der Waals surface area contributed by atoms with Gasteiger partial charge in [-0.1, -0.05) is 0 Å². The smallest absolute Gasteiger partial charge is 0.225 e. The van der Waals surface area contributed by atoms with Crippen molar-refractivity contribution in [3.8, 4) is 0 Å². The summed E-state index contributed by atoms with van der Waals surface area (Å²) in [5.74, 6) is -0.185. The van der Waals surface area contributed by atoms with Gasteiger partial charge in [0.15, 0.2) is 0 Å². The molecule has 0 aromatic carbocycles. The van der Waals surface area contributed by atoms with E-state index < -0.39 is 0 Å². The van der Waals surface area contributed by atoms with Crippen molar-refractivity contribution in [3.63, 3.8) is 0 Å². The van der Waals surface area contributed by atoms with Gasteiger partial charge in [0.05, 0.1) is 5.92 Å². The zero-order chi connectivity index (χ0) is 13.5. The van der Waals surface area contributed by atoms with E-state index in [9.17, 15) is 9.59 Å². The second-order valence-corrected chi connectivity index (χ2v) is 5.28. The van der Waals surface area contributed by atoms with E-state index in [1.54, 1.807) is 0 Å². The van der Waals surface area contributed by atoms with Crippen molar-refractivity contribution < 1.29 is 9.59 Å². The molecule has 1 rings (SSSR count). The third-order valence-electron chi connectivity index (χ3n) is 3.47. The van der Waals surface area contributed by atoms with Crippen molar-refractivity contribution in [2.24, 2.45) is 5.92 Å². The number of nitrogens with one attached hydrogen (secondary N) is 2. The number of carbonyl (C=O) groups is 2. The Morgan fingerprint density at radius 1 is 1.50 bits per heavy atom. The summed E-state index contributed by atoms with van der Waals surface area (Å²) in [6.07, 6.45) is 2.40.